The van der Waals surface area contributed by atoms with Crippen LogP contribution in [0.2, 0.25) is 0 Å². The number of anilines is 3. The highest BCUT2D eigenvalue weighted by Crippen LogP contribution is 2.63. The van der Waals surface area contributed by atoms with E-state index in [1.165, 1.54) is 79.8 Å². The fourth-order valence-corrected chi connectivity index (χ4v) is 11.1. The van der Waals surface area contributed by atoms with Crippen LogP contribution < -0.4 is 4.90 Å². The molecule has 0 unspecified atom stereocenters. The van der Waals surface area contributed by atoms with Gasteiger partial charge in [0, 0.05) is 36.6 Å². The van der Waals surface area contributed by atoms with Gasteiger partial charge in [0.1, 0.15) is 0 Å². The molecule has 0 saturated heterocycles. The molecule has 1 spiro atoms. The third kappa shape index (κ3) is 3.79. The van der Waals surface area contributed by atoms with Crippen LogP contribution in [0.4, 0.5) is 17.1 Å². The van der Waals surface area contributed by atoms with Gasteiger partial charge in [0.2, 0.25) is 0 Å². The van der Waals surface area contributed by atoms with Crippen LogP contribution in [0.25, 0.3) is 42.1 Å². The van der Waals surface area contributed by atoms with Crippen LogP contribution in [-0.2, 0) is 5.41 Å². The monoisotopic (exact) mass is 671 g/mol. The van der Waals surface area contributed by atoms with E-state index in [4.69, 9.17) is 0 Å². The van der Waals surface area contributed by atoms with Crippen LogP contribution in [0.5, 0.6) is 0 Å². The molecule has 0 N–H and O–H groups in total. The Morgan fingerprint density at radius 3 is 1.94 bits per heavy atom. The summed E-state index contributed by atoms with van der Waals surface area (Å²) in [7, 11) is 0. The smallest absolute Gasteiger partial charge is 0.0736 e. The molecule has 50 heavy (non-hydrogen) atoms. The van der Waals surface area contributed by atoms with Crippen LogP contribution in [0.3, 0.4) is 0 Å². The van der Waals surface area contributed by atoms with Crippen molar-refractivity contribution in [3.63, 3.8) is 0 Å². The zero-order valence-corrected chi connectivity index (χ0v) is 28.6. The fourth-order valence-electron chi connectivity index (χ4n) is 8.71. The fraction of sp³-hybridized carbons (Fsp3) is 0.0213. The van der Waals surface area contributed by atoms with Crippen molar-refractivity contribution in [1.82, 2.24) is 0 Å². The highest BCUT2D eigenvalue weighted by atomic mass is 32.2. The molecular weight excluding hydrogens is 643 g/mol. The standard InChI is InChI=1S/C47H29NS2/c1-2-14-31(15-3-1)48(41-21-12-18-35-34-17-6-9-22-42(34)50-46(35)41)32-26-27-36-40(29-32)47(39-28-25-30-13-4-5-16-33(30)45(36)39)37-19-7-10-23-43(37)49-44-24-11-8-20-38(44)47/h1-29H. The van der Waals surface area contributed by atoms with Crippen molar-refractivity contribution >= 4 is 71.1 Å². The lowest BCUT2D eigenvalue weighted by Crippen LogP contribution is -2.32. The summed E-state index contributed by atoms with van der Waals surface area (Å²) in [6.07, 6.45) is 0. The van der Waals surface area contributed by atoms with Gasteiger partial charge >= 0.3 is 0 Å². The van der Waals surface area contributed by atoms with E-state index in [0.29, 0.717) is 0 Å². The lowest BCUT2D eigenvalue weighted by Gasteiger charge is -2.40. The molecule has 1 aliphatic heterocycles. The van der Waals surface area contributed by atoms with Gasteiger partial charge in [-0.1, -0.05) is 139 Å². The summed E-state index contributed by atoms with van der Waals surface area (Å²) < 4.78 is 2.61. The molecule has 11 rings (SSSR count). The summed E-state index contributed by atoms with van der Waals surface area (Å²) in [4.78, 5) is 5.11. The number of fused-ring (bicyclic) bond motifs is 14. The largest absolute Gasteiger partial charge is 0.309 e. The van der Waals surface area contributed by atoms with Crippen LogP contribution in [0, 0.1) is 0 Å². The van der Waals surface area contributed by atoms with Crippen LogP contribution in [0.15, 0.2) is 186 Å². The summed E-state index contributed by atoms with van der Waals surface area (Å²) in [5, 5.41) is 5.18. The highest BCUT2D eigenvalue weighted by molar-refractivity contribution is 7.99. The molecule has 9 aromatic rings. The third-order valence-electron chi connectivity index (χ3n) is 10.7. The van der Waals surface area contributed by atoms with E-state index in [1.807, 2.05) is 23.1 Å². The van der Waals surface area contributed by atoms with Gasteiger partial charge in [-0.25, -0.2) is 0 Å². The lowest BCUT2D eigenvalue weighted by molar-refractivity contribution is 0.723. The average molecular weight is 672 g/mol. The Bertz CT molecular complexity index is 2770. The summed E-state index contributed by atoms with van der Waals surface area (Å²) in [5.41, 5.74) is 11.1. The topological polar surface area (TPSA) is 3.24 Å². The normalized spacial score (nSPS) is 13.7. The molecule has 8 aromatic carbocycles. The van der Waals surface area contributed by atoms with Crippen molar-refractivity contribution in [2.24, 2.45) is 0 Å². The van der Waals surface area contributed by atoms with Crippen molar-refractivity contribution in [2.75, 3.05) is 4.90 Å². The lowest BCUT2D eigenvalue weighted by atomic mass is 9.67. The van der Waals surface area contributed by atoms with Gasteiger partial charge < -0.3 is 4.90 Å². The molecule has 0 saturated carbocycles. The molecule has 2 heterocycles. The summed E-state index contributed by atoms with van der Waals surface area (Å²) in [6.45, 7) is 0. The van der Waals surface area contributed by atoms with Crippen LogP contribution in [0.1, 0.15) is 22.3 Å². The number of thiophene rings is 1. The number of hydrogen-bond acceptors (Lipinski definition) is 3. The minimum absolute atomic E-state index is 0.463. The van der Waals surface area contributed by atoms with Crippen molar-refractivity contribution in [1.29, 1.82) is 0 Å². The quantitative estimate of drug-likeness (QED) is 0.184. The number of nitrogens with zero attached hydrogens (tertiary/aromatic N) is 1. The molecule has 1 nitrogen and oxygen atoms in total. The van der Waals surface area contributed by atoms with E-state index in [-0.39, 0.29) is 0 Å². The number of para-hydroxylation sites is 1. The molecular formula is C47H29NS2. The number of benzene rings is 8. The minimum atomic E-state index is -0.463. The van der Waals surface area contributed by atoms with Crippen molar-refractivity contribution in [2.45, 2.75) is 15.2 Å². The summed E-state index contributed by atoms with van der Waals surface area (Å²) in [6, 6.07) is 65.5. The van der Waals surface area contributed by atoms with Gasteiger partial charge in [-0.3, -0.25) is 0 Å². The zero-order chi connectivity index (χ0) is 32.8. The van der Waals surface area contributed by atoms with Gasteiger partial charge in [0.15, 0.2) is 0 Å². The molecule has 1 aliphatic carbocycles. The molecule has 0 fully saturated rings. The van der Waals surface area contributed by atoms with E-state index < -0.39 is 5.41 Å². The van der Waals surface area contributed by atoms with Gasteiger partial charge in [0.05, 0.1) is 15.8 Å². The molecule has 234 valence electrons. The van der Waals surface area contributed by atoms with Gasteiger partial charge in [-0.05, 0) is 92.7 Å². The van der Waals surface area contributed by atoms with Gasteiger partial charge in [-0.15, -0.1) is 11.3 Å². The first-order chi connectivity index (χ1) is 24.8. The second-order valence-electron chi connectivity index (χ2n) is 13.2. The van der Waals surface area contributed by atoms with E-state index in [2.05, 4.69) is 181 Å². The van der Waals surface area contributed by atoms with Crippen molar-refractivity contribution in [3.8, 4) is 11.1 Å². The Kier molecular flexibility index (Phi) is 6.04. The SMILES string of the molecule is c1ccc(N(c2ccc3c(c2)C2(c4ccccc4Sc4ccccc42)c2ccc4ccccc4c2-3)c2cccc3c2sc2ccccc23)cc1. The number of hydrogen-bond donors (Lipinski definition) is 0. The molecule has 0 amide bonds. The first-order valence-corrected chi connectivity index (χ1v) is 18.7. The van der Waals surface area contributed by atoms with Gasteiger partial charge in [-0.2, -0.15) is 0 Å². The summed E-state index contributed by atoms with van der Waals surface area (Å²) in [5.74, 6) is 0. The highest BCUT2D eigenvalue weighted by Gasteiger charge is 2.50. The Morgan fingerprint density at radius 2 is 1.12 bits per heavy atom. The average Bonchev–Trinajstić information content (AvgIpc) is 3.70. The summed E-state index contributed by atoms with van der Waals surface area (Å²) >= 11 is 3.78. The second kappa shape index (κ2) is 10.7. The maximum absolute atomic E-state index is 2.51. The first kappa shape index (κ1) is 28.3. The molecule has 0 bridgehead atoms. The maximum atomic E-state index is 2.51. The minimum Gasteiger partial charge on any atom is -0.309 e. The Balaban J connectivity index is 1.26. The van der Waals surface area contributed by atoms with Crippen LogP contribution in [-0.4, -0.2) is 0 Å². The van der Waals surface area contributed by atoms with Crippen molar-refractivity contribution < 1.29 is 0 Å². The zero-order valence-electron chi connectivity index (χ0n) is 27.0. The Hall–Kier alpha value is -5.61. The molecule has 0 atom stereocenters. The van der Waals surface area contributed by atoms with E-state index in [9.17, 15) is 0 Å². The van der Waals surface area contributed by atoms with E-state index in [1.54, 1.807) is 0 Å². The second-order valence-corrected chi connectivity index (χ2v) is 15.3. The first-order valence-electron chi connectivity index (χ1n) is 17.1. The van der Waals surface area contributed by atoms with Crippen molar-refractivity contribution in [3.05, 3.63) is 198 Å². The van der Waals surface area contributed by atoms with Gasteiger partial charge in [0.25, 0.3) is 0 Å². The third-order valence-corrected chi connectivity index (χ3v) is 13.1. The van der Waals surface area contributed by atoms with Crippen LogP contribution >= 0.6 is 23.1 Å². The molecule has 0 radical (unpaired) electrons. The molecule has 1 aromatic heterocycles. The number of rotatable bonds is 3. The Labute approximate surface area is 299 Å². The Morgan fingerprint density at radius 1 is 0.440 bits per heavy atom. The predicted molar refractivity (Wildman–Crippen MR) is 213 cm³/mol. The van der Waals surface area contributed by atoms with E-state index >= 15 is 0 Å². The van der Waals surface area contributed by atoms with E-state index in [0.717, 1.165) is 11.4 Å². The molecule has 3 heteroatoms. The predicted octanol–water partition coefficient (Wildman–Crippen LogP) is 13.5. The maximum Gasteiger partial charge on any atom is 0.0736 e. The molecule has 2 aliphatic rings.